The van der Waals surface area contributed by atoms with Gasteiger partial charge in [-0.1, -0.05) is 72.7 Å². The van der Waals surface area contributed by atoms with Gasteiger partial charge in [-0.05, 0) is 150 Å². The lowest BCUT2D eigenvalue weighted by Gasteiger charge is -2.13. The first kappa shape index (κ1) is 69.7. The molecule has 0 bridgehead atoms. The number of rotatable bonds is 30. The summed E-state index contributed by atoms with van der Waals surface area (Å²) in [4.78, 5) is 62.1. The number of alkyl halides is 18. The van der Waals surface area contributed by atoms with Gasteiger partial charge in [-0.2, -0.15) is 79.0 Å². The number of ether oxygens (including phenoxy) is 6. The fourth-order valence-corrected chi connectivity index (χ4v) is 17.0. The molecule has 6 unspecified atom stereocenters. The number of nitrogens with zero attached hydrogens (tertiary/aromatic N) is 12. The highest BCUT2D eigenvalue weighted by atomic mass is 32.2. The number of halogens is 18. The zero-order chi connectivity index (χ0) is 143. The van der Waals surface area contributed by atoms with E-state index in [-0.39, 0.29) is 81.8 Å². The number of fused-ring (bicyclic) bond motifs is 6. The average molecular weight is 2260 g/mol. The Labute approximate surface area is 909 Å². The molecule has 150 heavy (non-hydrogen) atoms. The SMILES string of the molecule is [2H]C([2H])([2H])c1c(OC([2H])([2H])C(F)(F)F)ccnc1C([2H])([2H])S(=O)c1nc2ccccc2[nH]1.[2H]C([2H])([2H])c1c(OC([2H])([2H])C(F)(F)F)ccnc1CS(=O)c1nc2ccccc2[nH]1.[2H]c1nc(C([2H])([2H])S(=O)c2nc3c([2H])c([2H])c([2H])c([2H])c3[nH]2)c(C)c(OC([2H])([2H])C(F)(F)F)c1[2H].[2H]c1nc(C([2H])([2H])S(=O)c2nc3ccccc3[nH]2)c(C)c(OC([2H])([2H])C(F)(F)F)c1[2H].[2H]c1nc(CS(=O)c2nc3c([2H])c([2H])c([2H])c([2H])c3[nH]2)c(C)c(OC([2H])([2H])C(F)(F)F)c1[2H].[2H]c1nc(CS(=O)c2nc3ccccc3[nH]2)c(C)c(OC([2H])([2H])C(F)(F)F)c1[2H]. The molecule has 0 saturated carbocycles. The Morgan fingerprint density at radius 3 is 0.767 bits per heavy atom. The van der Waals surface area contributed by atoms with Crippen LogP contribution >= 0.6 is 0 Å². The molecule has 6 aromatic carbocycles. The van der Waals surface area contributed by atoms with Crippen LogP contribution in [0.2, 0.25) is 0 Å². The van der Waals surface area contributed by atoms with Gasteiger partial charge in [0.2, 0.25) is 0 Å². The highest BCUT2D eigenvalue weighted by Crippen LogP contribution is 2.35. The van der Waals surface area contributed by atoms with Crippen LogP contribution in [0.1, 0.15) is 122 Å². The molecule has 6 atom stereocenters. The second-order valence-corrected chi connectivity index (χ2v) is 36.0. The van der Waals surface area contributed by atoms with E-state index in [0.717, 1.165) is 32.3 Å². The van der Waals surface area contributed by atoms with Crippen molar-refractivity contribution in [3.05, 3.63) is 286 Å². The number of nitrogens with one attached hydrogen (secondary N) is 6. The molecule has 18 aromatic rings. The van der Waals surface area contributed by atoms with Gasteiger partial charge >= 0.3 is 37.1 Å². The molecule has 0 aliphatic rings. The van der Waals surface area contributed by atoms with E-state index in [1.807, 2.05) is 0 Å². The van der Waals surface area contributed by atoms with Crippen molar-refractivity contribution >= 4 is 131 Å². The van der Waals surface area contributed by atoms with E-state index in [2.05, 4.69) is 118 Å². The van der Waals surface area contributed by atoms with Crippen LogP contribution in [0.15, 0.2) is 250 Å². The maximum absolute atomic E-state index is 13.1. The lowest BCUT2D eigenvalue weighted by molar-refractivity contribution is -0.154. The fourth-order valence-electron chi connectivity index (χ4n) is 11.3. The van der Waals surface area contributed by atoms with Gasteiger partial charge < -0.3 is 58.3 Å². The minimum Gasteiger partial charge on any atom is -0.484 e. The molecule has 18 rings (SSSR count). The Kier molecular flexibility index (Phi) is 23.1. The van der Waals surface area contributed by atoms with Crippen LogP contribution in [0.25, 0.3) is 66.2 Å². The lowest BCUT2D eigenvalue weighted by atomic mass is 10.2. The van der Waals surface area contributed by atoms with Gasteiger partial charge in [0.15, 0.2) is 70.3 Å². The molecule has 0 saturated heterocycles. The van der Waals surface area contributed by atoms with E-state index in [4.69, 9.17) is 54.8 Å². The maximum atomic E-state index is 13.1. The Morgan fingerprint density at radius 2 is 0.487 bits per heavy atom. The van der Waals surface area contributed by atoms with Crippen molar-refractivity contribution in [3.8, 4) is 34.5 Å². The predicted octanol–water partition coefficient (Wildman–Crippen LogP) is 21.1. The summed E-state index contributed by atoms with van der Waals surface area (Å²) in [5, 5.41) is -1.41. The summed E-state index contributed by atoms with van der Waals surface area (Å²) in [6.07, 6.45) is -34.6. The number of H-pyrrole nitrogens is 6. The number of aromatic nitrogens is 18. The van der Waals surface area contributed by atoms with Gasteiger partial charge in [-0.3, -0.25) is 55.2 Å². The third-order valence-electron chi connectivity index (χ3n) is 18.1. The van der Waals surface area contributed by atoms with Crippen molar-refractivity contribution in [2.45, 2.75) is 144 Å². The highest BCUT2D eigenvalue weighted by molar-refractivity contribution is 7.85. The largest absolute Gasteiger partial charge is 0.484 e. The van der Waals surface area contributed by atoms with Gasteiger partial charge in [0.1, 0.15) is 34.5 Å². The van der Waals surface area contributed by atoms with E-state index in [1.54, 1.807) is 97.1 Å². The van der Waals surface area contributed by atoms with Crippen LogP contribution in [0.3, 0.4) is 0 Å². The van der Waals surface area contributed by atoms with Crippen molar-refractivity contribution in [1.29, 1.82) is 0 Å². The van der Waals surface area contributed by atoms with Crippen LogP contribution in [0, 0.1) is 41.4 Å². The summed E-state index contributed by atoms with van der Waals surface area (Å²) in [5.74, 6) is -7.12. The van der Waals surface area contributed by atoms with Crippen LogP contribution in [0.4, 0.5) is 79.0 Å². The highest BCUT2D eigenvalue weighted by Gasteiger charge is 2.35. The molecule has 0 fully saturated rings. The molecule has 0 aliphatic carbocycles. The summed E-state index contributed by atoms with van der Waals surface area (Å²) in [6, 6.07) is 20.1. The third-order valence-corrected chi connectivity index (χ3v) is 24.4. The number of para-hydroxylation sites is 12. The summed E-state index contributed by atoms with van der Waals surface area (Å²) < 4.78 is 640. The summed E-state index contributed by atoms with van der Waals surface area (Å²) in [6.45, 7) is -27.1. The van der Waals surface area contributed by atoms with Crippen molar-refractivity contribution in [2.75, 3.05) is 39.4 Å². The predicted molar refractivity (Wildman–Crippen MR) is 520 cm³/mol. The monoisotopic (exact) mass is 2250 g/mol. The topological polar surface area (TPSA) is 407 Å². The molecule has 30 nitrogen and oxygen atoms in total. The van der Waals surface area contributed by atoms with Gasteiger partial charge in [0.25, 0.3) is 0 Å². The second kappa shape index (κ2) is 49.7. The Hall–Kier alpha value is -14.5. The number of pyridine rings is 6. The van der Waals surface area contributed by atoms with Gasteiger partial charge in [-0.15, -0.1) is 0 Å². The number of hydrogen-bond donors (Lipinski definition) is 6. The standard InChI is InChI=1S/6C16H14F3N3O2S/c6*1-10-13(20-7-6-14(10)24-9-16(17,18)19)8-25(23)15-21-11-4-2-3-5-12(11)22-15/h6*2-7H,8-9H2,1H3,(H,21,22)/i2D,3D,4D,5D,6D,7D,8D2,9D2;2D,3D,4D,5D,6D,7D,9D2;6D,7D,8D2,9D2;6D,7D,9D2;1D3,8D2,9D2;1D3,9D2. The first-order valence-electron chi connectivity index (χ1n) is 60.4. The minimum atomic E-state index is -5.54. The quantitative estimate of drug-likeness (QED) is 0.0228. The van der Waals surface area contributed by atoms with Crippen LogP contribution in [-0.4, -0.2) is 191 Å². The first-order chi connectivity index (χ1) is 86.8. The molecule has 0 radical (unpaired) electrons. The van der Waals surface area contributed by atoms with Crippen LogP contribution in [-0.2, 0) is 99.2 Å². The van der Waals surface area contributed by atoms with Crippen molar-refractivity contribution in [3.63, 3.8) is 0 Å². The van der Waals surface area contributed by atoms with Gasteiger partial charge in [-0.25, -0.2) is 29.9 Å². The van der Waals surface area contributed by atoms with Gasteiger partial charge in [0, 0.05) is 86.9 Å². The van der Waals surface area contributed by atoms with E-state index < -0.39 is 360 Å². The molecule has 0 amide bonds. The number of benzene rings is 6. The maximum Gasteiger partial charge on any atom is 0.422 e. The summed E-state index contributed by atoms with van der Waals surface area (Å²) in [5.41, 5.74) is -12.5. The van der Waals surface area contributed by atoms with Crippen molar-refractivity contribution < 1.29 is 188 Å². The average Bonchev–Trinajstić information content (AvgIpc) is 1.47. The molecule has 6 N–H and O–H groups in total. The molecule has 12 heterocycles. The Bertz CT molecular complexity index is 9920. The van der Waals surface area contributed by atoms with E-state index >= 15 is 0 Å². The lowest BCUT2D eigenvalue weighted by Crippen LogP contribution is -2.20. The van der Waals surface area contributed by atoms with Gasteiger partial charge in [0.05, 0.1) is 238 Å². The molecule has 0 aliphatic heterocycles. The normalized spacial score (nSPS) is 18.0. The van der Waals surface area contributed by atoms with E-state index in [0.29, 0.717) is 50.2 Å². The van der Waals surface area contributed by atoms with Crippen LogP contribution < -0.4 is 28.4 Å². The molecule has 0 spiro atoms. The molecule has 12 aromatic heterocycles. The molecule has 792 valence electrons. The smallest absolute Gasteiger partial charge is 0.422 e. The molecular formula is C96H84F18N18O12S6. The fraction of sp³-hybridized carbons (Fsp3) is 0.250. The summed E-state index contributed by atoms with van der Waals surface area (Å²) in [7, 11) is -13.9. The third kappa shape index (κ3) is 32.7. The van der Waals surface area contributed by atoms with E-state index in [1.165, 1.54) is 13.8 Å². The number of aromatic amines is 6. The van der Waals surface area contributed by atoms with Crippen LogP contribution in [0.5, 0.6) is 34.5 Å². The summed E-state index contributed by atoms with van der Waals surface area (Å²) >= 11 is 0. The zero-order valence-corrected chi connectivity index (χ0v) is 79.6. The minimum absolute atomic E-state index is 0.0337. The zero-order valence-electron chi connectivity index (χ0n) is 115. The molecular weight excluding hydrogens is 2130 g/mol. The Balaban J connectivity index is 0.000000184. The second-order valence-electron chi connectivity index (χ2n) is 28.5. The van der Waals surface area contributed by atoms with Crippen molar-refractivity contribution in [2.24, 2.45) is 0 Å². The molecule has 54 heteroatoms. The van der Waals surface area contributed by atoms with Crippen molar-refractivity contribution in [1.82, 2.24) is 89.7 Å². The Morgan fingerprint density at radius 1 is 0.267 bits per heavy atom. The number of hydrogen-bond acceptors (Lipinski definition) is 24. The first-order valence-corrected chi connectivity index (χ1v) is 47.8. The number of imidazole rings is 6. The van der Waals surface area contributed by atoms with E-state index in [9.17, 15) is 104 Å².